The highest BCUT2D eigenvalue weighted by atomic mass is 33.1. The van der Waals surface area contributed by atoms with Crippen molar-refractivity contribution in [2.45, 2.75) is 200 Å². The van der Waals surface area contributed by atoms with E-state index in [1.165, 1.54) is 6.42 Å². The van der Waals surface area contributed by atoms with Crippen molar-refractivity contribution >= 4 is 38.5 Å². The zero-order valence-electron chi connectivity index (χ0n) is 45.2. The summed E-state index contributed by atoms with van der Waals surface area (Å²) in [5.41, 5.74) is -6.47. The molecule has 1 aromatic carbocycles. The fourth-order valence-electron chi connectivity index (χ4n) is 18.0. The van der Waals surface area contributed by atoms with Crippen LogP contribution in [-0.2, 0) is 20.7 Å². The Morgan fingerprint density at radius 3 is 2.61 bits per heavy atom. The number of fused-ring (bicyclic) bond motifs is 12. The first-order chi connectivity index (χ1) is 36.6. The van der Waals surface area contributed by atoms with Gasteiger partial charge in [0.25, 0.3) is 0 Å². The fraction of sp³-hybridized carbons (Fsp3) is 0.814. The monoisotopic (exact) mass is 1100 g/mol. The van der Waals surface area contributed by atoms with Crippen LogP contribution in [0.4, 0.5) is 0 Å². The number of esters is 1. The molecule has 5 bridgehead atoms. The molecule has 0 unspecified atom stereocenters. The summed E-state index contributed by atoms with van der Waals surface area (Å²) >= 11 is 0. The summed E-state index contributed by atoms with van der Waals surface area (Å²) in [5, 5.41) is 97.7. The Labute approximate surface area is 457 Å². The molecule has 15 nitrogen and oxygen atoms in total. The molecule has 2 aromatic rings. The van der Waals surface area contributed by atoms with E-state index in [0.717, 1.165) is 96.4 Å². The molecule has 9 aliphatic rings. The molecule has 5 saturated carbocycles. The lowest BCUT2D eigenvalue weighted by atomic mass is 9.50. The number of carbonyl (C=O) groups is 1. The molecule has 3 aliphatic heterocycles. The summed E-state index contributed by atoms with van der Waals surface area (Å²) in [6.45, 7) is 5.33. The van der Waals surface area contributed by atoms with Crippen LogP contribution >= 0.6 is 21.6 Å². The number of rotatable bonds is 8. The van der Waals surface area contributed by atoms with Gasteiger partial charge in [-0.1, -0.05) is 66.3 Å². The molecule has 424 valence electrons. The SMILES string of the molecule is CCOC(=O)CCc1cc2ccoc2c2c1O[C@@H]1O[C@@]3(CSS[C@]4(CC[C@]5(CC[C@H](CNC)C5)[C@@H]4[C@H]4CC[C@@H]5CCCC[C@]5(O)C4)[C@H](CC[C@H](C)CCC[C@H]3O)NCCO2)[C@]2(O)C[C@@H]3C=C[C@H](O)[C@@H](CO)[C@H]3[C@@]1(O)[C@H]2O. The van der Waals surface area contributed by atoms with Crippen molar-refractivity contribution in [3.63, 3.8) is 0 Å². The minimum absolute atomic E-state index is 0.00737. The maximum atomic E-state index is 13.8. The zero-order chi connectivity index (χ0) is 53.3. The van der Waals surface area contributed by atoms with Crippen molar-refractivity contribution in [1.82, 2.24) is 10.6 Å². The van der Waals surface area contributed by atoms with Gasteiger partial charge in [0.05, 0.1) is 30.7 Å². The first kappa shape index (κ1) is 55.8. The summed E-state index contributed by atoms with van der Waals surface area (Å²) in [6, 6.07) is 3.67. The lowest BCUT2D eigenvalue weighted by molar-refractivity contribution is -0.424. The molecule has 11 rings (SSSR count). The van der Waals surface area contributed by atoms with E-state index >= 15 is 0 Å². The van der Waals surface area contributed by atoms with Gasteiger partial charge in [0.2, 0.25) is 12.0 Å². The van der Waals surface area contributed by atoms with Crippen LogP contribution < -0.4 is 20.1 Å². The third-order valence-electron chi connectivity index (χ3n) is 21.4. The molecule has 4 heterocycles. The second-order valence-corrected chi connectivity index (χ2v) is 28.2. The number of nitrogens with one attached hydrogen (secondary N) is 2. The van der Waals surface area contributed by atoms with Gasteiger partial charge >= 0.3 is 5.97 Å². The molecular formula is C59H88N2O13S2. The Hall–Kier alpha value is -2.13. The lowest BCUT2D eigenvalue weighted by Crippen LogP contribution is -2.86. The normalized spacial score (nSPS) is 45.7. The molecule has 3 spiro atoms. The second-order valence-electron chi connectivity index (χ2n) is 25.5. The van der Waals surface area contributed by atoms with E-state index in [-0.39, 0.29) is 84.2 Å². The van der Waals surface area contributed by atoms with Gasteiger partial charge in [-0.25, -0.2) is 0 Å². The van der Waals surface area contributed by atoms with E-state index in [9.17, 15) is 40.5 Å². The minimum atomic E-state index is -2.49. The van der Waals surface area contributed by atoms with Crippen LogP contribution in [0, 0.1) is 52.8 Å². The van der Waals surface area contributed by atoms with Crippen LogP contribution in [0.3, 0.4) is 0 Å². The number of furan rings is 1. The Kier molecular flexibility index (Phi) is 16.1. The van der Waals surface area contributed by atoms with E-state index in [1.54, 1.807) is 36.1 Å². The summed E-state index contributed by atoms with van der Waals surface area (Å²) in [6.07, 6.45) is 14.5. The molecule has 0 radical (unpaired) electrons. The lowest BCUT2D eigenvalue weighted by Gasteiger charge is -2.67. The van der Waals surface area contributed by atoms with E-state index in [2.05, 4.69) is 24.6 Å². The number of aliphatic hydroxyl groups is 7. The molecule has 9 N–H and O–H groups in total. The summed E-state index contributed by atoms with van der Waals surface area (Å²) < 4.78 is 32.7. The highest BCUT2D eigenvalue weighted by Crippen LogP contribution is 2.71. The van der Waals surface area contributed by atoms with Gasteiger partial charge in [0.1, 0.15) is 23.9 Å². The molecule has 1 aromatic heterocycles. The quantitative estimate of drug-likeness (QED) is 0.0738. The first-order valence-corrected chi connectivity index (χ1v) is 31.8. The number of hydrogen-bond acceptors (Lipinski definition) is 17. The summed E-state index contributed by atoms with van der Waals surface area (Å²) in [4.78, 5) is 13.1. The van der Waals surface area contributed by atoms with Gasteiger partial charge in [-0.15, -0.1) is 0 Å². The highest BCUT2D eigenvalue weighted by Gasteiger charge is 2.78. The van der Waals surface area contributed by atoms with Crippen molar-refractivity contribution in [2.24, 2.45) is 52.8 Å². The van der Waals surface area contributed by atoms with Crippen LogP contribution in [0.15, 0.2) is 35.0 Å². The fourth-order valence-corrected chi connectivity index (χ4v) is 22.2. The van der Waals surface area contributed by atoms with E-state index in [4.69, 9.17) is 23.4 Å². The Bertz CT molecular complexity index is 2410. The average Bonchev–Trinajstić information content (AvgIpc) is 4.25. The molecule has 6 aliphatic carbocycles. The van der Waals surface area contributed by atoms with E-state index in [0.29, 0.717) is 47.3 Å². The largest absolute Gasteiger partial charge is 0.485 e. The van der Waals surface area contributed by atoms with Gasteiger partial charge in [-0.2, -0.15) is 0 Å². The van der Waals surface area contributed by atoms with Crippen molar-refractivity contribution < 1.29 is 63.9 Å². The van der Waals surface area contributed by atoms with E-state index < -0.39 is 77.3 Å². The van der Waals surface area contributed by atoms with Gasteiger partial charge in [-0.3, -0.25) is 4.79 Å². The Morgan fingerprint density at radius 1 is 0.934 bits per heavy atom. The number of allylic oxidation sites excluding steroid dienone is 1. The third-order valence-corrected chi connectivity index (χ3v) is 24.8. The van der Waals surface area contributed by atoms with Crippen molar-refractivity contribution in [1.29, 1.82) is 0 Å². The van der Waals surface area contributed by atoms with Crippen LogP contribution in [0.2, 0.25) is 0 Å². The van der Waals surface area contributed by atoms with Crippen LogP contribution in [-0.4, -0.2) is 145 Å². The number of aliphatic hydroxyl groups excluding tert-OH is 4. The maximum absolute atomic E-state index is 13.8. The summed E-state index contributed by atoms with van der Waals surface area (Å²) in [5.74, 6) is -1.17. The molecule has 17 heteroatoms. The van der Waals surface area contributed by atoms with Gasteiger partial charge in [0.15, 0.2) is 16.9 Å². The van der Waals surface area contributed by atoms with Gasteiger partial charge in [-0.05, 0) is 175 Å². The molecule has 0 amide bonds. The van der Waals surface area contributed by atoms with Gasteiger partial charge in [0, 0.05) is 53.3 Å². The molecule has 2 saturated heterocycles. The van der Waals surface area contributed by atoms with E-state index in [1.807, 2.05) is 22.9 Å². The molecule has 7 fully saturated rings. The zero-order valence-corrected chi connectivity index (χ0v) is 46.8. The molecule has 19 atom stereocenters. The predicted octanol–water partition coefficient (Wildman–Crippen LogP) is 6.97. The minimum Gasteiger partial charge on any atom is -0.485 e. The van der Waals surface area contributed by atoms with Crippen molar-refractivity contribution in [3.8, 4) is 11.5 Å². The number of carbonyl (C=O) groups excluding carboxylic acids is 1. The third kappa shape index (κ3) is 9.31. The predicted molar refractivity (Wildman–Crippen MR) is 292 cm³/mol. The smallest absolute Gasteiger partial charge is 0.306 e. The second kappa shape index (κ2) is 22.0. The number of hydrogen-bond donors (Lipinski definition) is 9. The van der Waals surface area contributed by atoms with Crippen molar-refractivity contribution in [3.05, 3.63) is 36.1 Å². The average molecular weight is 1100 g/mol. The first-order valence-electron chi connectivity index (χ1n) is 29.4. The van der Waals surface area contributed by atoms with Crippen LogP contribution in [0.25, 0.3) is 11.0 Å². The number of benzene rings is 1. The molecule has 76 heavy (non-hydrogen) atoms. The van der Waals surface area contributed by atoms with Crippen LogP contribution in [0.1, 0.15) is 141 Å². The van der Waals surface area contributed by atoms with Crippen molar-refractivity contribution in [2.75, 3.05) is 45.7 Å². The van der Waals surface area contributed by atoms with Crippen LogP contribution in [0.5, 0.6) is 11.5 Å². The number of aryl methyl sites for hydroxylation is 1. The standard InChI is InChI=1S/C59H88N2O13S2/c1-4-70-46(65)18-14-37-28-38-20-26-71-48(38)50-49(37)73-53-59(69)47-39(13-16-43(63)42(47)33-62)31-57(68,52(59)66)58(74-53)34-75-76-56(44(61-25-27-72-50)17-11-35(2)8-7-10-45(58)64)24-23-54(22-19-36(29-54)32-60-3)51(56)40-12-15-41-9-5-6-21-55(41,67)30-40/h13,16,20,26,28,35-36,39-45,47,51-53,60-64,66-69H,4-12,14-15,17-19,21-25,27,29-34H2,1-3H3/t35-,36+,39+,40+,41+,42-,43+,44+,45-,47+,51+,52+,53-,54+,55+,56-,57+,58-,59-/m1/s1. The maximum Gasteiger partial charge on any atom is 0.306 e. The Balaban J connectivity index is 1.10. The Morgan fingerprint density at radius 2 is 1.79 bits per heavy atom. The van der Waals surface area contributed by atoms with Gasteiger partial charge < -0.3 is 69.7 Å². The topological polar surface area (TPSA) is 233 Å². The highest BCUT2D eigenvalue weighted by molar-refractivity contribution is 8.77. The summed E-state index contributed by atoms with van der Waals surface area (Å²) in [7, 11) is 5.53. The number of ether oxygens (including phenoxy) is 4. The molecular weight excluding hydrogens is 1010 g/mol.